The van der Waals surface area contributed by atoms with Crippen molar-refractivity contribution >= 4 is 51.0 Å². The summed E-state index contributed by atoms with van der Waals surface area (Å²) in [6.07, 6.45) is -1.11. The highest BCUT2D eigenvalue weighted by Crippen LogP contribution is 2.43. The molecule has 1 fully saturated rings. The van der Waals surface area contributed by atoms with Crippen LogP contribution in [0.2, 0.25) is 0 Å². The summed E-state index contributed by atoms with van der Waals surface area (Å²) in [4.78, 5) is 28.7. The van der Waals surface area contributed by atoms with Crippen molar-refractivity contribution in [2.75, 3.05) is 24.2 Å². The van der Waals surface area contributed by atoms with Gasteiger partial charge >= 0.3 is 12.0 Å². The van der Waals surface area contributed by atoms with Gasteiger partial charge in [-0.2, -0.15) is 0 Å². The first kappa shape index (κ1) is 30.0. The van der Waals surface area contributed by atoms with Gasteiger partial charge in [0, 0.05) is 22.9 Å². The molecule has 11 heteroatoms. The van der Waals surface area contributed by atoms with Crippen LogP contribution in [0.15, 0.2) is 77.1 Å². The predicted octanol–water partition coefficient (Wildman–Crippen LogP) is 6.06. The van der Waals surface area contributed by atoms with E-state index in [2.05, 4.69) is 23.6 Å². The molecule has 0 spiro atoms. The SMILES string of the molecule is CCOC(=O)CNC(=O)Nc1cccc([C@@H]2O[C@H](CSc3nc4ccccc4s3)[C@H](C)[C@H](c3ccc(CO)cc3)O2)c1. The molecule has 4 aromatic rings. The van der Waals surface area contributed by atoms with Gasteiger partial charge in [0.1, 0.15) is 6.54 Å². The molecule has 1 aromatic heterocycles. The normalized spacial score (nSPS) is 20.3. The largest absolute Gasteiger partial charge is 0.465 e. The lowest BCUT2D eigenvalue weighted by Crippen LogP contribution is -2.38. The molecule has 42 heavy (non-hydrogen) atoms. The monoisotopic (exact) mass is 607 g/mol. The van der Waals surface area contributed by atoms with E-state index in [4.69, 9.17) is 19.2 Å². The standard InChI is InChI=1S/C31H33N3O6S2/c1-3-38-27(36)16-32-30(37)33-23-8-6-7-22(15-23)29-39-25(18-41-31-34-24-9-4-5-10-26(24)42-31)19(2)28(40-29)21-13-11-20(17-35)12-14-21/h4-15,19,25,28-29,35H,3,16-18H2,1-2H3,(H2,32,33,37)/t19-,25+,28+,29+/m0/s1. The van der Waals surface area contributed by atoms with E-state index in [1.165, 1.54) is 0 Å². The van der Waals surface area contributed by atoms with E-state index < -0.39 is 18.3 Å². The average Bonchev–Trinajstić information content (AvgIpc) is 3.43. The van der Waals surface area contributed by atoms with Crippen LogP contribution in [0.1, 0.15) is 42.9 Å². The number of urea groups is 1. The fourth-order valence-corrected chi connectivity index (χ4v) is 6.94. The van der Waals surface area contributed by atoms with E-state index >= 15 is 0 Å². The van der Waals surface area contributed by atoms with Crippen molar-refractivity contribution in [2.45, 2.75) is 43.3 Å². The van der Waals surface area contributed by atoms with Crippen molar-refractivity contribution < 1.29 is 28.9 Å². The summed E-state index contributed by atoms with van der Waals surface area (Å²) in [6.45, 7) is 3.82. The van der Waals surface area contributed by atoms with Gasteiger partial charge in [0.05, 0.1) is 35.6 Å². The number of thiazole rings is 1. The fourth-order valence-electron chi connectivity index (χ4n) is 4.68. The van der Waals surface area contributed by atoms with Crippen LogP contribution in [0.3, 0.4) is 0 Å². The van der Waals surface area contributed by atoms with Crippen molar-refractivity contribution in [1.82, 2.24) is 10.3 Å². The first-order chi connectivity index (χ1) is 20.4. The number of nitrogens with zero attached hydrogens (tertiary/aromatic N) is 1. The van der Waals surface area contributed by atoms with Crippen molar-refractivity contribution in [2.24, 2.45) is 5.92 Å². The Bertz CT molecular complexity index is 1480. The fraction of sp³-hybridized carbons (Fsp3) is 0.323. The number of benzene rings is 3. The van der Waals surface area contributed by atoms with E-state index in [1.54, 1.807) is 42.2 Å². The van der Waals surface area contributed by atoms with Crippen molar-refractivity contribution in [1.29, 1.82) is 0 Å². The Kier molecular flexibility index (Phi) is 10.1. The van der Waals surface area contributed by atoms with E-state index in [-0.39, 0.29) is 37.9 Å². The number of rotatable bonds is 10. The molecular formula is C31H33N3O6S2. The lowest BCUT2D eigenvalue weighted by atomic mass is 9.91. The molecule has 2 amide bonds. The van der Waals surface area contributed by atoms with Crippen molar-refractivity contribution in [3.63, 3.8) is 0 Å². The van der Waals surface area contributed by atoms with Crippen LogP contribution in [0.4, 0.5) is 10.5 Å². The van der Waals surface area contributed by atoms with E-state index in [1.807, 2.05) is 54.6 Å². The van der Waals surface area contributed by atoms with Gasteiger partial charge in [-0.1, -0.05) is 67.2 Å². The van der Waals surface area contributed by atoms with Gasteiger partial charge in [-0.3, -0.25) is 4.79 Å². The highest BCUT2D eigenvalue weighted by Gasteiger charge is 2.38. The maximum absolute atomic E-state index is 12.4. The number of thioether (sulfide) groups is 1. The molecule has 1 aliphatic rings. The molecular weight excluding hydrogens is 574 g/mol. The Morgan fingerprint density at radius 1 is 1.05 bits per heavy atom. The van der Waals surface area contributed by atoms with Gasteiger partial charge in [0.25, 0.3) is 0 Å². The molecule has 0 radical (unpaired) electrons. The maximum Gasteiger partial charge on any atom is 0.325 e. The third-order valence-electron chi connectivity index (χ3n) is 6.88. The van der Waals surface area contributed by atoms with Crippen LogP contribution >= 0.6 is 23.1 Å². The lowest BCUT2D eigenvalue weighted by molar-refractivity contribution is -0.268. The minimum absolute atomic E-state index is 0.0260. The molecule has 5 rings (SSSR count). The Hall–Kier alpha value is -3.48. The molecule has 9 nitrogen and oxygen atoms in total. The summed E-state index contributed by atoms with van der Waals surface area (Å²) < 4.78 is 20.1. The minimum atomic E-state index is -0.686. The van der Waals surface area contributed by atoms with Gasteiger partial charge in [-0.15, -0.1) is 11.3 Å². The molecule has 220 valence electrons. The summed E-state index contributed by atoms with van der Waals surface area (Å²) in [7, 11) is 0. The zero-order valence-corrected chi connectivity index (χ0v) is 25.0. The summed E-state index contributed by atoms with van der Waals surface area (Å²) in [6, 6.07) is 22.6. The smallest absolute Gasteiger partial charge is 0.325 e. The third-order valence-corrected chi connectivity index (χ3v) is 9.15. The maximum atomic E-state index is 12.4. The molecule has 0 saturated carbocycles. The number of amides is 2. The van der Waals surface area contributed by atoms with Crippen molar-refractivity contribution in [3.05, 3.63) is 89.5 Å². The molecule has 0 aliphatic carbocycles. The topological polar surface area (TPSA) is 119 Å². The first-order valence-electron chi connectivity index (χ1n) is 13.7. The molecule has 3 aromatic carbocycles. The highest BCUT2D eigenvalue weighted by atomic mass is 32.2. The van der Waals surface area contributed by atoms with Crippen LogP contribution < -0.4 is 10.6 Å². The molecule has 1 saturated heterocycles. The van der Waals surface area contributed by atoms with Crippen molar-refractivity contribution in [3.8, 4) is 0 Å². The second kappa shape index (κ2) is 14.1. The van der Waals surface area contributed by atoms with Gasteiger partial charge in [0.2, 0.25) is 0 Å². The second-order valence-electron chi connectivity index (χ2n) is 9.82. The molecule has 3 N–H and O–H groups in total. The molecule has 2 heterocycles. The Balaban J connectivity index is 1.33. The Morgan fingerprint density at radius 2 is 1.86 bits per heavy atom. The average molecular weight is 608 g/mol. The quantitative estimate of drug-likeness (QED) is 0.147. The summed E-state index contributed by atoms with van der Waals surface area (Å²) in [5.74, 6) is 0.200. The van der Waals surface area contributed by atoms with Crippen LogP contribution in [-0.2, 0) is 25.6 Å². The predicted molar refractivity (Wildman–Crippen MR) is 163 cm³/mol. The van der Waals surface area contributed by atoms with Crippen LogP contribution in [-0.4, -0.2) is 47.1 Å². The third kappa shape index (κ3) is 7.47. The minimum Gasteiger partial charge on any atom is -0.465 e. The van der Waals surface area contributed by atoms with Gasteiger partial charge in [-0.25, -0.2) is 9.78 Å². The zero-order valence-electron chi connectivity index (χ0n) is 23.3. The number of hydrogen-bond donors (Lipinski definition) is 3. The molecule has 1 aliphatic heterocycles. The summed E-state index contributed by atoms with van der Waals surface area (Å²) >= 11 is 3.34. The number of fused-ring (bicyclic) bond motifs is 1. The number of aliphatic hydroxyl groups excluding tert-OH is 1. The number of nitrogens with one attached hydrogen (secondary N) is 2. The summed E-state index contributed by atoms with van der Waals surface area (Å²) in [5.41, 5.74) is 4.09. The number of carbonyl (C=O) groups is 2. The molecule has 0 unspecified atom stereocenters. The number of anilines is 1. The molecule has 4 atom stereocenters. The first-order valence-corrected chi connectivity index (χ1v) is 15.5. The second-order valence-corrected chi connectivity index (χ2v) is 12.1. The number of carbonyl (C=O) groups excluding carboxylic acids is 2. The summed E-state index contributed by atoms with van der Waals surface area (Å²) in [5, 5.41) is 14.8. The Labute approximate surface area is 252 Å². The van der Waals surface area contributed by atoms with Crippen LogP contribution in [0, 0.1) is 5.92 Å². The van der Waals surface area contributed by atoms with Gasteiger partial charge in [-0.05, 0) is 42.3 Å². The van der Waals surface area contributed by atoms with Gasteiger partial charge in [0.15, 0.2) is 10.6 Å². The zero-order chi connectivity index (χ0) is 29.5. The van der Waals surface area contributed by atoms with E-state index in [0.717, 1.165) is 31.2 Å². The number of para-hydroxylation sites is 1. The number of aromatic nitrogens is 1. The number of aliphatic hydroxyl groups is 1. The van der Waals surface area contributed by atoms with Gasteiger partial charge < -0.3 is 30.0 Å². The molecule has 0 bridgehead atoms. The number of ether oxygens (including phenoxy) is 3. The van der Waals surface area contributed by atoms with E-state index in [9.17, 15) is 14.7 Å². The van der Waals surface area contributed by atoms with Crippen LogP contribution in [0.25, 0.3) is 10.2 Å². The van der Waals surface area contributed by atoms with E-state index in [0.29, 0.717) is 11.4 Å². The highest BCUT2D eigenvalue weighted by molar-refractivity contribution is 8.01. The Morgan fingerprint density at radius 3 is 2.62 bits per heavy atom. The number of hydrogen-bond acceptors (Lipinski definition) is 9. The number of esters is 1. The van der Waals surface area contributed by atoms with Crippen LogP contribution in [0.5, 0.6) is 0 Å². The lowest BCUT2D eigenvalue weighted by Gasteiger charge is -2.41.